The van der Waals surface area contributed by atoms with Gasteiger partial charge in [-0.15, -0.1) is 11.3 Å². The van der Waals surface area contributed by atoms with Crippen molar-refractivity contribution in [2.45, 2.75) is 26.4 Å². The van der Waals surface area contributed by atoms with Crippen molar-refractivity contribution >= 4 is 46.6 Å². The summed E-state index contributed by atoms with van der Waals surface area (Å²) < 4.78 is 5.54. The van der Waals surface area contributed by atoms with E-state index in [-0.39, 0.29) is 30.0 Å². The molecule has 8 heteroatoms. The summed E-state index contributed by atoms with van der Waals surface area (Å²) in [5.74, 6) is -1.68. The van der Waals surface area contributed by atoms with E-state index in [0.717, 1.165) is 4.88 Å². The Morgan fingerprint density at radius 3 is 2.73 bits per heavy atom. The van der Waals surface area contributed by atoms with E-state index in [2.05, 4.69) is 0 Å². The number of amides is 2. The number of carboxylic acids is 1. The lowest BCUT2D eigenvalue weighted by molar-refractivity contribution is -0.120. The van der Waals surface area contributed by atoms with Crippen LogP contribution in [0.5, 0.6) is 0 Å². The third kappa shape index (κ3) is 5.14. The number of ether oxygens (including phenoxy) is 1. The maximum atomic E-state index is 12.8. The minimum Gasteiger partial charge on any atom is -0.478 e. The van der Waals surface area contributed by atoms with Crippen LogP contribution >= 0.6 is 11.3 Å². The number of fused-ring (bicyclic) bond motifs is 1. The van der Waals surface area contributed by atoms with Crippen LogP contribution in [-0.4, -0.2) is 48.7 Å². The number of aromatic carboxylic acids is 1. The zero-order valence-corrected chi connectivity index (χ0v) is 17.7. The van der Waals surface area contributed by atoms with E-state index in [4.69, 9.17) is 4.74 Å². The van der Waals surface area contributed by atoms with Gasteiger partial charge in [-0.25, -0.2) is 4.79 Å². The van der Waals surface area contributed by atoms with Crippen LogP contribution in [-0.2, 0) is 14.3 Å². The van der Waals surface area contributed by atoms with Crippen molar-refractivity contribution in [1.29, 1.82) is 0 Å². The highest BCUT2D eigenvalue weighted by Gasteiger charge is 2.32. The van der Waals surface area contributed by atoms with Crippen LogP contribution in [0.4, 0.5) is 11.4 Å². The zero-order valence-electron chi connectivity index (χ0n) is 16.9. The van der Waals surface area contributed by atoms with E-state index in [1.807, 2.05) is 31.4 Å². The fraction of sp³-hybridized carbons (Fsp3) is 0.318. The third-order valence-electron chi connectivity index (χ3n) is 4.58. The van der Waals surface area contributed by atoms with E-state index in [1.54, 1.807) is 17.0 Å². The average molecular weight is 429 g/mol. The molecule has 1 aromatic heterocycles. The SMILES string of the molecule is CC(C)OCCCN1C(=O)CN(C(=O)/C=C/c2cccs2)c2cc(C(=O)O)ccc21. The lowest BCUT2D eigenvalue weighted by Crippen LogP contribution is -2.48. The van der Waals surface area contributed by atoms with Crippen LogP contribution < -0.4 is 9.80 Å². The highest BCUT2D eigenvalue weighted by Crippen LogP contribution is 2.35. The van der Waals surface area contributed by atoms with Crippen LogP contribution in [0.1, 0.15) is 35.5 Å². The standard InChI is InChI=1S/C22H24N2O5S/c1-15(2)29-11-4-10-23-18-8-6-16(22(27)28)13-19(18)24(14-21(23)26)20(25)9-7-17-5-3-12-30-17/h3,5-9,12-13,15H,4,10-11,14H2,1-2H3,(H,27,28)/b9-7+. The van der Waals surface area contributed by atoms with Gasteiger partial charge in [0.2, 0.25) is 5.91 Å². The number of hydrogen-bond acceptors (Lipinski definition) is 5. The van der Waals surface area contributed by atoms with Crippen LogP contribution in [0, 0.1) is 0 Å². The lowest BCUT2D eigenvalue weighted by Gasteiger charge is -2.36. The molecule has 0 fully saturated rings. The number of carboxylic acid groups (broad SMARTS) is 1. The second-order valence-electron chi connectivity index (χ2n) is 7.10. The molecule has 2 amide bonds. The number of nitrogens with zero attached hydrogens (tertiary/aromatic N) is 2. The second kappa shape index (κ2) is 9.69. The van der Waals surface area contributed by atoms with Gasteiger partial charge >= 0.3 is 5.97 Å². The first-order valence-electron chi connectivity index (χ1n) is 9.69. The van der Waals surface area contributed by atoms with E-state index in [1.165, 1.54) is 34.4 Å². The molecule has 7 nitrogen and oxygen atoms in total. The number of rotatable bonds is 8. The Hall–Kier alpha value is -2.97. The van der Waals surface area contributed by atoms with Crippen molar-refractivity contribution in [1.82, 2.24) is 0 Å². The summed E-state index contributed by atoms with van der Waals surface area (Å²) in [7, 11) is 0. The van der Waals surface area contributed by atoms with Gasteiger partial charge in [0.05, 0.1) is 23.0 Å². The highest BCUT2D eigenvalue weighted by atomic mass is 32.1. The topological polar surface area (TPSA) is 87.2 Å². The molecule has 1 aromatic carbocycles. The van der Waals surface area contributed by atoms with Gasteiger partial charge in [-0.3, -0.25) is 14.5 Å². The van der Waals surface area contributed by atoms with Crippen LogP contribution in [0.3, 0.4) is 0 Å². The number of benzene rings is 1. The fourth-order valence-electron chi connectivity index (χ4n) is 3.15. The van der Waals surface area contributed by atoms with Crippen molar-refractivity contribution in [2.75, 3.05) is 29.5 Å². The molecule has 1 aliphatic rings. The minimum absolute atomic E-state index is 0.0613. The highest BCUT2D eigenvalue weighted by molar-refractivity contribution is 7.10. The Bertz CT molecular complexity index is 952. The van der Waals surface area contributed by atoms with Gasteiger partial charge in [0.15, 0.2) is 0 Å². The quantitative estimate of drug-likeness (QED) is 0.512. The van der Waals surface area contributed by atoms with Crippen molar-refractivity contribution in [2.24, 2.45) is 0 Å². The predicted octanol–water partition coefficient (Wildman–Crippen LogP) is 3.65. The molecule has 1 aliphatic heterocycles. The Kier molecular flexibility index (Phi) is 7.02. The summed E-state index contributed by atoms with van der Waals surface area (Å²) in [6.07, 6.45) is 3.84. The van der Waals surface area contributed by atoms with Crippen molar-refractivity contribution in [3.63, 3.8) is 0 Å². The lowest BCUT2D eigenvalue weighted by atomic mass is 10.1. The molecule has 0 radical (unpaired) electrons. The molecule has 0 aliphatic carbocycles. The molecule has 1 N–H and O–H groups in total. The number of carbonyl (C=O) groups excluding carboxylic acids is 2. The van der Waals surface area contributed by atoms with Gasteiger partial charge in [-0.05, 0) is 56.0 Å². The second-order valence-corrected chi connectivity index (χ2v) is 8.08. The largest absolute Gasteiger partial charge is 0.478 e. The van der Waals surface area contributed by atoms with Crippen molar-refractivity contribution < 1.29 is 24.2 Å². The number of thiophene rings is 1. The van der Waals surface area contributed by atoms with E-state index in [0.29, 0.717) is 30.9 Å². The number of carbonyl (C=O) groups is 3. The molecular formula is C22H24N2O5S. The smallest absolute Gasteiger partial charge is 0.335 e. The summed E-state index contributed by atoms with van der Waals surface area (Å²) in [5.41, 5.74) is 1.00. The van der Waals surface area contributed by atoms with E-state index >= 15 is 0 Å². The third-order valence-corrected chi connectivity index (χ3v) is 5.41. The molecule has 0 bridgehead atoms. The summed E-state index contributed by atoms with van der Waals surface area (Å²) in [6.45, 7) is 4.69. The maximum Gasteiger partial charge on any atom is 0.335 e. The minimum atomic E-state index is -1.09. The molecule has 3 rings (SSSR count). The Morgan fingerprint density at radius 2 is 2.07 bits per heavy atom. The number of anilines is 2. The van der Waals surface area contributed by atoms with E-state index in [9.17, 15) is 19.5 Å². The van der Waals surface area contributed by atoms with Gasteiger partial charge in [0.1, 0.15) is 6.54 Å². The predicted molar refractivity (Wildman–Crippen MR) is 117 cm³/mol. The summed E-state index contributed by atoms with van der Waals surface area (Å²) >= 11 is 1.50. The molecule has 2 aromatic rings. The van der Waals surface area contributed by atoms with Gasteiger partial charge in [0, 0.05) is 24.1 Å². The zero-order chi connectivity index (χ0) is 21.7. The monoisotopic (exact) mass is 428 g/mol. The van der Waals surface area contributed by atoms with E-state index < -0.39 is 5.97 Å². The van der Waals surface area contributed by atoms with Crippen molar-refractivity contribution in [3.05, 3.63) is 52.2 Å². The average Bonchev–Trinajstić information content (AvgIpc) is 3.23. The first-order chi connectivity index (χ1) is 14.4. The summed E-state index contributed by atoms with van der Waals surface area (Å²) in [5, 5.41) is 11.3. The summed E-state index contributed by atoms with van der Waals surface area (Å²) in [6, 6.07) is 8.24. The number of hydrogen-bond donors (Lipinski definition) is 1. The molecule has 0 saturated carbocycles. The molecule has 2 heterocycles. The molecule has 0 spiro atoms. The van der Waals surface area contributed by atoms with Crippen molar-refractivity contribution in [3.8, 4) is 0 Å². The van der Waals surface area contributed by atoms with Crippen LogP contribution in [0.25, 0.3) is 6.08 Å². The van der Waals surface area contributed by atoms with Crippen LogP contribution in [0.2, 0.25) is 0 Å². The molecule has 158 valence electrons. The Morgan fingerprint density at radius 1 is 1.27 bits per heavy atom. The molecular weight excluding hydrogens is 404 g/mol. The molecule has 30 heavy (non-hydrogen) atoms. The first kappa shape index (κ1) is 21.7. The first-order valence-corrected chi connectivity index (χ1v) is 10.6. The maximum absolute atomic E-state index is 12.8. The fourth-order valence-corrected chi connectivity index (χ4v) is 3.77. The van der Waals surface area contributed by atoms with Gasteiger partial charge in [0.25, 0.3) is 5.91 Å². The molecule has 0 atom stereocenters. The Balaban J connectivity index is 1.87. The van der Waals surface area contributed by atoms with Gasteiger partial charge < -0.3 is 14.7 Å². The normalized spacial score (nSPS) is 13.9. The van der Waals surface area contributed by atoms with Gasteiger partial charge in [-0.2, -0.15) is 0 Å². The van der Waals surface area contributed by atoms with Crippen LogP contribution in [0.15, 0.2) is 41.8 Å². The summed E-state index contributed by atoms with van der Waals surface area (Å²) in [4.78, 5) is 40.9. The Labute approximate surface area is 179 Å². The van der Waals surface area contributed by atoms with Gasteiger partial charge in [-0.1, -0.05) is 6.07 Å². The molecule has 0 saturated heterocycles. The molecule has 0 unspecified atom stereocenters.